The molecule has 0 spiro atoms. The first-order chi connectivity index (χ1) is 9.14. The minimum absolute atomic E-state index is 0.296. The van der Waals surface area contributed by atoms with Crippen LogP contribution in [0.15, 0.2) is 0 Å². The van der Waals surface area contributed by atoms with E-state index in [9.17, 15) is 14.7 Å². The minimum atomic E-state index is -0.695. The van der Waals surface area contributed by atoms with Gasteiger partial charge >= 0.3 is 12.1 Å². The first-order valence-corrected chi connectivity index (χ1v) is 7.39. The number of ether oxygens (including phenoxy) is 1. The molecule has 4 aliphatic rings. The molecule has 4 unspecified atom stereocenters. The van der Waals surface area contributed by atoms with Crippen LogP contribution in [0.25, 0.3) is 0 Å². The Balaban J connectivity index is 1.77. The maximum atomic E-state index is 12.1. The molecule has 0 saturated heterocycles. The average molecular weight is 281 g/mol. The number of hydrogen-bond donors (Lipinski definition) is 2. The highest BCUT2D eigenvalue weighted by molar-refractivity contribution is 5.77. The largest absolute Gasteiger partial charge is 0.481 e. The van der Waals surface area contributed by atoms with E-state index in [2.05, 4.69) is 5.32 Å². The average Bonchev–Trinajstić information content (AvgIpc) is 2.58. The number of carbonyl (C=O) groups excluding carboxylic acids is 1. The summed E-state index contributed by atoms with van der Waals surface area (Å²) in [6.45, 7) is 5.50. The van der Waals surface area contributed by atoms with E-state index in [1.165, 1.54) is 0 Å². The molecule has 4 fully saturated rings. The minimum Gasteiger partial charge on any atom is -0.481 e. The van der Waals surface area contributed by atoms with Gasteiger partial charge in [0.1, 0.15) is 5.60 Å². The summed E-state index contributed by atoms with van der Waals surface area (Å²) in [5, 5.41) is 12.6. The molecule has 5 nitrogen and oxygen atoms in total. The summed E-state index contributed by atoms with van der Waals surface area (Å²) in [6, 6.07) is 0. The Bertz CT molecular complexity index is 469. The molecule has 112 valence electrons. The predicted molar refractivity (Wildman–Crippen MR) is 72.2 cm³/mol. The smallest absolute Gasteiger partial charge is 0.408 e. The van der Waals surface area contributed by atoms with E-state index in [1.54, 1.807) is 0 Å². The van der Waals surface area contributed by atoms with E-state index < -0.39 is 23.1 Å². The molecule has 4 aliphatic carbocycles. The molecular weight excluding hydrogens is 258 g/mol. The quantitative estimate of drug-likeness (QED) is 0.815. The van der Waals surface area contributed by atoms with Gasteiger partial charge in [-0.05, 0) is 64.7 Å². The predicted octanol–water partition coefficient (Wildman–Crippen LogP) is 2.54. The Hall–Kier alpha value is -1.26. The second-order valence-electron chi connectivity index (χ2n) is 7.96. The Morgan fingerprint density at radius 2 is 1.95 bits per heavy atom. The van der Waals surface area contributed by atoms with Crippen LogP contribution in [0.3, 0.4) is 0 Å². The normalized spacial score (nSPS) is 41.8. The molecule has 0 aromatic heterocycles. The summed E-state index contributed by atoms with van der Waals surface area (Å²) in [5.74, 6) is 0.0400. The van der Waals surface area contributed by atoms with Crippen LogP contribution in [0.4, 0.5) is 4.79 Å². The standard InChI is InChI=1S/C15H23NO4/c1-13(2,3)20-12(19)16-15-6-9-4-10(15)7-14(5-9,8-15)11(17)18/h9-10H,4-8H2,1-3H3,(H,16,19)(H,17,18). The molecule has 4 saturated carbocycles. The van der Waals surface area contributed by atoms with Gasteiger partial charge in [-0.3, -0.25) is 4.79 Å². The molecule has 0 heterocycles. The van der Waals surface area contributed by atoms with Crippen molar-refractivity contribution in [2.75, 3.05) is 0 Å². The Morgan fingerprint density at radius 3 is 2.55 bits per heavy atom. The van der Waals surface area contributed by atoms with Gasteiger partial charge in [-0.2, -0.15) is 0 Å². The molecule has 0 aromatic rings. The van der Waals surface area contributed by atoms with E-state index in [4.69, 9.17) is 4.74 Å². The van der Waals surface area contributed by atoms with Crippen molar-refractivity contribution in [2.45, 2.75) is 64.0 Å². The highest BCUT2D eigenvalue weighted by Gasteiger charge is 2.67. The van der Waals surface area contributed by atoms with Gasteiger partial charge in [0.05, 0.1) is 5.41 Å². The number of alkyl carbamates (subject to hydrolysis) is 1. The molecule has 2 N–H and O–H groups in total. The molecule has 4 atom stereocenters. The third kappa shape index (κ3) is 1.98. The van der Waals surface area contributed by atoms with E-state index in [1.807, 2.05) is 20.8 Å². The lowest BCUT2D eigenvalue weighted by Crippen LogP contribution is -2.52. The summed E-state index contributed by atoms with van der Waals surface area (Å²) in [4.78, 5) is 23.7. The monoisotopic (exact) mass is 281 g/mol. The second-order valence-corrected chi connectivity index (χ2v) is 7.96. The lowest BCUT2D eigenvalue weighted by atomic mass is 9.69. The molecule has 1 amide bonds. The van der Waals surface area contributed by atoms with Gasteiger partial charge in [-0.1, -0.05) is 0 Å². The maximum absolute atomic E-state index is 12.1. The molecular formula is C15H23NO4. The fraction of sp³-hybridized carbons (Fsp3) is 0.867. The van der Waals surface area contributed by atoms with Gasteiger partial charge in [0, 0.05) is 5.54 Å². The molecule has 20 heavy (non-hydrogen) atoms. The number of hydrogen-bond acceptors (Lipinski definition) is 3. The van der Waals surface area contributed by atoms with Gasteiger partial charge < -0.3 is 15.2 Å². The zero-order chi connectivity index (χ0) is 14.8. The van der Waals surface area contributed by atoms with Crippen LogP contribution >= 0.6 is 0 Å². The van der Waals surface area contributed by atoms with Crippen LogP contribution in [-0.2, 0) is 9.53 Å². The fourth-order valence-corrected chi connectivity index (χ4v) is 4.85. The number of nitrogens with one attached hydrogen (secondary N) is 1. The molecule has 4 bridgehead atoms. The third-order valence-electron chi connectivity index (χ3n) is 5.23. The molecule has 0 radical (unpaired) electrons. The Morgan fingerprint density at radius 1 is 1.25 bits per heavy atom. The van der Waals surface area contributed by atoms with Crippen molar-refractivity contribution in [1.82, 2.24) is 5.32 Å². The lowest BCUT2D eigenvalue weighted by Gasteiger charge is -2.38. The van der Waals surface area contributed by atoms with Crippen LogP contribution in [0.5, 0.6) is 0 Å². The summed E-state index contributed by atoms with van der Waals surface area (Å²) >= 11 is 0. The van der Waals surface area contributed by atoms with Gasteiger partial charge in [-0.25, -0.2) is 4.79 Å². The highest BCUT2D eigenvalue weighted by Crippen LogP contribution is 2.66. The van der Waals surface area contributed by atoms with Crippen LogP contribution < -0.4 is 5.32 Å². The number of carbonyl (C=O) groups is 2. The zero-order valence-corrected chi connectivity index (χ0v) is 12.4. The van der Waals surface area contributed by atoms with Crippen molar-refractivity contribution in [3.63, 3.8) is 0 Å². The second kappa shape index (κ2) is 3.89. The Labute approximate surface area is 119 Å². The Kier molecular flexibility index (Phi) is 2.67. The number of carboxylic acids is 1. The first kappa shape index (κ1) is 13.7. The molecule has 0 aliphatic heterocycles. The lowest BCUT2D eigenvalue weighted by molar-refractivity contribution is -0.152. The SMILES string of the molecule is CC(C)(C)OC(=O)NC12CC3CC1CC(C(=O)O)(C3)C2. The molecule has 0 aromatic carbocycles. The zero-order valence-electron chi connectivity index (χ0n) is 12.4. The van der Waals surface area contributed by atoms with Gasteiger partial charge in [0.2, 0.25) is 0 Å². The van der Waals surface area contributed by atoms with Crippen LogP contribution in [0, 0.1) is 17.3 Å². The topological polar surface area (TPSA) is 75.6 Å². The number of aliphatic carboxylic acids is 1. The number of carboxylic acid groups (broad SMARTS) is 1. The van der Waals surface area contributed by atoms with Crippen molar-refractivity contribution in [2.24, 2.45) is 17.3 Å². The van der Waals surface area contributed by atoms with E-state index in [-0.39, 0.29) is 5.54 Å². The van der Waals surface area contributed by atoms with Gasteiger partial charge in [0.15, 0.2) is 0 Å². The molecule has 5 heteroatoms. The third-order valence-corrected chi connectivity index (χ3v) is 5.23. The highest BCUT2D eigenvalue weighted by atomic mass is 16.6. The van der Waals surface area contributed by atoms with Crippen molar-refractivity contribution in [3.05, 3.63) is 0 Å². The van der Waals surface area contributed by atoms with Crippen LogP contribution in [0.1, 0.15) is 52.9 Å². The van der Waals surface area contributed by atoms with Crippen molar-refractivity contribution < 1.29 is 19.4 Å². The summed E-state index contributed by atoms with van der Waals surface area (Å²) < 4.78 is 5.35. The summed E-state index contributed by atoms with van der Waals surface area (Å²) in [7, 11) is 0. The summed E-state index contributed by atoms with van der Waals surface area (Å²) in [5.41, 5.74) is -1.48. The molecule has 4 rings (SSSR count). The summed E-state index contributed by atoms with van der Waals surface area (Å²) in [6.07, 6.45) is 3.59. The van der Waals surface area contributed by atoms with E-state index in [0.717, 1.165) is 19.3 Å². The van der Waals surface area contributed by atoms with E-state index >= 15 is 0 Å². The fourth-order valence-electron chi connectivity index (χ4n) is 4.85. The maximum Gasteiger partial charge on any atom is 0.408 e. The van der Waals surface area contributed by atoms with Crippen molar-refractivity contribution in [1.29, 1.82) is 0 Å². The van der Waals surface area contributed by atoms with Gasteiger partial charge in [-0.15, -0.1) is 0 Å². The van der Waals surface area contributed by atoms with Gasteiger partial charge in [0.25, 0.3) is 0 Å². The van der Waals surface area contributed by atoms with Crippen molar-refractivity contribution in [3.8, 4) is 0 Å². The van der Waals surface area contributed by atoms with Crippen LogP contribution in [0.2, 0.25) is 0 Å². The number of rotatable bonds is 2. The van der Waals surface area contributed by atoms with E-state index in [0.29, 0.717) is 24.7 Å². The number of amides is 1. The first-order valence-electron chi connectivity index (χ1n) is 7.39. The van der Waals surface area contributed by atoms with Crippen molar-refractivity contribution >= 4 is 12.1 Å². The van der Waals surface area contributed by atoms with Crippen LogP contribution in [-0.4, -0.2) is 28.3 Å².